The first-order valence-electron chi connectivity index (χ1n) is 9.21. The van der Waals surface area contributed by atoms with Crippen molar-refractivity contribution in [1.82, 2.24) is 20.8 Å². The van der Waals surface area contributed by atoms with Gasteiger partial charge in [0.05, 0.1) is 6.61 Å². The molecule has 9 nitrogen and oxygen atoms in total. The van der Waals surface area contributed by atoms with Gasteiger partial charge in [-0.2, -0.15) is 0 Å². The van der Waals surface area contributed by atoms with E-state index in [1.165, 1.54) is 11.3 Å². The van der Waals surface area contributed by atoms with Gasteiger partial charge < -0.3 is 15.4 Å². The van der Waals surface area contributed by atoms with Gasteiger partial charge in [0.25, 0.3) is 0 Å². The number of nitrogens with one attached hydrogen (secondary N) is 3. The summed E-state index contributed by atoms with van der Waals surface area (Å²) in [4.78, 5) is 36.0. The van der Waals surface area contributed by atoms with Gasteiger partial charge in [0, 0.05) is 5.56 Å². The smallest absolute Gasteiger partial charge is 0.325 e. The van der Waals surface area contributed by atoms with Gasteiger partial charge >= 0.3 is 12.0 Å². The van der Waals surface area contributed by atoms with Crippen LogP contribution in [0.4, 0.5) is 9.93 Å². The molecule has 29 heavy (non-hydrogen) atoms. The van der Waals surface area contributed by atoms with E-state index in [9.17, 15) is 14.4 Å². The lowest BCUT2D eigenvalue weighted by molar-refractivity contribution is -0.141. The molecule has 1 aromatic carbocycles. The van der Waals surface area contributed by atoms with Crippen LogP contribution in [0.25, 0.3) is 10.6 Å². The average Bonchev–Trinajstić information content (AvgIpc) is 3.13. The third-order valence-electron chi connectivity index (χ3n) is 3.85. The second kappa shape index (κ2) is 10.5. The summed E-state index contributed by atoms with van der Waals surface area (Å²) in [5.41, 5.74) is 2.01. The summed E-state index contributed by atoms with van der Waals surface area (Å²) in [6, 6.07) is 6.37. The van der Waals surface area contributed by atoms with Gasteiger partial charge in [-0.1, -0.05) is 48.9 Å². The molecule has 3 amide bonds. The molecule has 0 radical (unpaired) electrons. The van der Waals surface area contributed by atoms with Crippen LogP contribution in [0.2, 0.25) is 0 Å². The molecule has 0 bridgehead atoms. The van der Waals surface area contributed by atoms with Crippen molar-refractivity contribution >= 4 is 34.4 Å². The minimum Gasteiger partial charge on any atom is -0.465 e. The zero-order chi connectivity index (χ0) is 21.4. The Hall–Kier alpha value is -3.01. The highest BCUT2D eigenvalue weighted by atomic mass is 32.1. The van der Waals surface area contributed by atoms with E-state index in [-0.39, 0.29) is 19.1 Å². The summed E-state index contributed by atoms with van der Waals surface area (Å²) in [5.74, 6) is -1.16. The number of hydrogen-bond donors (Lipinski definition) is 3. The van der Waals surface area contributed by atoms with Crippen molar-refractivity contribution in [3.8, 4) is 10.6 Å². The van der Waals surface area contributed by atoms with Crippen LogP contribution in [0.5, 0.6) is 0 Å². The number of anilines is 1. The van der Waals surface area contributed by atoms with Crippen LogP contribution in [0, 0.1) is 12.8 Å². The maximum Gasteiger partial charge on any atom is 0.325 e. The molecular weight excluding hydrogens is 394 g/mol. The molecule has 0 aliphatic rings. The summed E-state index contributed by atoms with van der Waals surface area (Å²) in [7, 11) is 0. The molecule has 10 heteroatoms. The molecular formula is C19H25N5O4S. The van der Waals surface area contributed by atoms with E-state index in [4.69, 9.17) is 4.74 Å². The topological polar surface area (TPSA) is 122 Å². The quantitative estimate of drug-likeness (QED) is 0.565. The number of ether oxygens (including phenoxy) is 1. The first kappa shape index (κ1) is 22.3. The van der Waals surface area contributed by atoms with Gasteiger partial charge in [0.2, 0.25) is 11.0 Å². The van der Waals surface area contributed by atoms with Crippen LogP contribution < -0.4 is 16.0 Å². The van der Waals surface area contributed by atoms with Gasteiger partial charge in [0.1, 0.15) is 17.6 Å². The maximum atomic E-state index is 12.6. The minimum atomic E-state index is -0.816. The average molecular weight is 420 g/mol. The Balaban J connectivity index is 1.97. The van der Waals surface area contributed by atoms with Gasteiger partial charge in [-0.3, -0.25) is 14.9 Å². The molecule has 1 atom stereocenters. The fraction of sp³-hybridized carbons (Fsp3) is 0.421. The number of hydrogen-bond acceptors (Lipinski definition) is 7. The highest BCUT2D eigenvalue weighted by Gasteiger charge is 2.25. The van der Waals surface area contributed by atoms with Gasteiger partial charge in [0.15, 0.2) is 0 Å². The zero-order valence-corrected chi connectivity index (χ0v) is 17.6. The molecule has 0 spiro atoms. The van der Waals surface area contributed by atoms with Crippen molar-refractivity contribution in [3.63, 3.8) is 0 Å². The number of urea groups is 1. The van der Waals surface area contributed by atoms with Crippen LogP contribution in [0.1, 0.15) is 26.3 Å². The standard InChI is InChI=1S/C19H25N5O4S/c1-5-28-14(25)10-20-18(27)21-15(11(2)3)16(26)22-19-24-23-17(29-19)13-8-6-7-12(4)9-13/h6-9,11,15H,5,10H2,1-4H3,(H2,20,21,27)(H,22,24,26)/t15-/m1/s1. The Kier molecular flexibility index (Phi) is 8.08. The number of rotatable bonds is 8. The van der Waals surface area contributed by atoms with Crippen LogP contribution in [-0.4, -0.2) is 47.3 Å². The molecule has 2 rings (SSSR count). The highest BCUT2D eigenvalue weighted by Crippen LogP contribution is 2.27. The molecule has 0 saturated carbocycles. The zero-order valence-electron chi connectivity index (χ0n) is 16.8. The Bertz CT molecular complexity index is 868. The lowest BCUT2D eigenvalue weighted by atomic mass is 10.0. The predicted molar refractivity (Wildman–Crippen MR) is 111 cm³/mol. The van der Waals surface area contributed by atoms with Crippen LogP contribution in [0.15, 0.2) is 24.3 Å². The van der Waals surface area contributed by atoms with Crippen molar-refractivity contribution in [2.24, 2.45) is 5.92 Å². The van der Waals surface area contributed by atoms with Crippen molar-refractivity contribution < 1.29 is 19.1 Å². The summed E-state index contributed by atoms with van der Waals surface area (Å²) in [6.45, 7) is 7.21. The van der Waals surface area contributed by atoms with Crippen LogP contribution in [0.3, 0.4) is 0 Å². The van der Waals surface area contributed by atoms with Crippen LogP contribution in [-0.2, 0) is 14.3 Å². The SMILES string of the molecule is CCOC(=O)CNC(=O)N[C@@H](C(=O)Nc1nnc(-c2cccc(C)c2)s1)C(C)C. The number of benzene rings is 1. The minimum absolute atomic E-state index is 0.187. The molecule has 0 aliphatic carbocycles. The summed E-state index contributed by atoms with van der Waals surface area (Å²) in [5, 5.41) is 16.8. The fourth-order valence-electron chi connectivity index (χ4n) is 2.44. The van der Waals surface area contributed by atoms with Gasteiger partial charge in [-0.05, 0) is 25.8 Å². The Labute approximate surface area is 173 Å². The molecule has 1 heterocycles. The molecule has 0 fully saturated rings. The van der Waals surface area contributed by atoms with E-state index in [1.807, 2.05) is 31.2 Å². The maximum absolute atomic E-state index is 12.6. The van der Waals surface area contributed by atoms with E-state index in [2.05, 4.69) is 26.1 Å². The number of amides is 3. The molecule has 0 saturated heterocycles. The normalized spacial score (nSPS) is 11.6. The number of carbonyl (C=O) groups excluding carboxylic acids is 3. The van der Waals surface area contributed by atoms with Crippen molar-refractivity contribution in [2.45, 2.75) is 33.7 Å². The molecule has 0 unspecified atom stereocenters. The largest absolute Gasteiger partial charge is 0.465 e. The second-order valence-corrected chi connectivity index (χ2v) is 7.60. The van der Waals surface area contributed by atoms with E-state index in [1.54, 1.807) is 20.8 Å². The first-order chi connectivity index (χ1) is 13.8. The van der Waals surface area contributed by atoms with Gasteiger partial charge in [-0.25, -0.2) is 4.79 Å². The predicted octanol–water partition coefficient (Wildman–Crippen LogP) is 2.34. The Morgan fingerprint density at radius 2 is 1.97 bits per heavy atom. The highest BCUT2D eigenvalue weighted by molar-refractivity contribution is 7.18. The number of aryl methyl sites for hydroxylation is 1. The third-order valence-corrected chi connectivity index (χ3v) is 4.74. The van der Waals surface area contributed by atoms with E-state index in [0.29, 0.717) is 10.1 Å². The van der Waals surface area contributed by atoms with E-state index >= 15 is 0 Å². The van der Waals surface area contributed by atoms with Crippen LogP contribution >= 0.6 is 11.3 Å². The van der Waals surface area contributed by atoms with Crippen molar-refractivity contribution in [3.05, 3.63) is 29.8 Å². The first-order valence-corrected chi connectivity index (χ1v) is 10.0. The molecule has 156 valence electrons. The molecule has 3 N–H and O–H groups in total. The fourth-order valence-corrected chi connectivity index (χ4v) is 3.19. The lowest BCUT2D eigenvalue weighted by Crippen LogP contribution is -2.51. The van der Waals surface area contributed by atoms with Gasteiger partial charge in [-0.15, -0.1) is 10.2 Å². The van der Waals surface area contributed by atoms with Crippen molar-refractivity contribution in [2.75, 3.05) is 18.5 Å². The van der Waals surface area contributed by atoms with E-state index < -0.39 is 23.9 Å². The summed E-state index contributed by atoms with van der Waals surface area (Å²) in [6.07, 6.45) is 0. The van der Waals surface area contributed by atoms with Crippen molar-refractivity contribution in [1.29, 1.82) is 0 Å². The second-order valence-electron chi connectivity index (χ2n) is 6.62. The summed E-state index contributed by atoms with van der Waals surface area (Å²) < 4.78 is 4.74. The number of aromatic nitrogens is 2. The Morgan fingerprint density at radius 1 is 1.21 bits per heavy atom. The molecule has 1 aromatic heterocycles. The van der Waals surface area contributed by atoms with E-state index in [0.717, 1.165) is 11.1 Å². The lowest BCUT2D eigenvalue weighted by Gasteiger charge is -2.21. The molecule has 0 aliphatic heterocycles. The Morgan fingerprint density at radius 3 is 2.62 bits per heavy atom. The third kappa shape index (κ3) is 6.83. The number of nitrogens with zero attached hydrogens (tertiary/aromatic N) is 2. The molecule has 2 aromatic rings. The number of esters is 1. The summed E-state index contributed by atoms with van der Waals surface area (Å²) >= 11 is 1.25. The monoisotopic (exact) mass is 419 g/mol. The number of carbonyl (C=O) groups is 3.